The number of nitrogens with one attached hydrogen (secondary N) is 1. The predicted octanol–water partition coefficient (Wildman–Crippen LogP) is 1.55. The van der Waals surface area contributed by atoms with Gasteiger partial charge < -0.3 is 15.0 Å². The Bertz CT molecular complexity index is 875. The number of anilines is 1. The number of carbonyl (C=O) groups is 2. The SMILES string of the molecule is O=C1C=C(Nc2cc(C(F)(F)F)ccc2-n2ccnc2)C(=O)N1CCO. The van der Waals surface area contributed by atoms with E-state index in [2.05, 4.69) is 10.3 Å². The minimum absolute atomic E-state index is 0.0175. The summed E-state index contributed by atoms with van der Waals surface area (Å²) in [6, 6.07) is 3.00. The van der Waals surface area contributed by atoms with Crippen LogP contribution in [0.2, 0.25) is 0 Å². The summed E-state index contributed by atoms with van der Waals surface area (Å²) in [5, 5.41) is 11.5. The lowest BCUT2D eigenvalue weighted by molar-refractivity contribution is -0.138. The maximum Gasteiger partial charge on any atom is 0.416 e. The van der Waals surface area contributed by atoms with Crippen LogP contribution in [0.25, 0.3) is 5.69 Å². The Labute approximate surface area is 145 Å². The molecular formula is C16H13F3N4O3. The van der Waals surface area contributed by atoms with E-state index in [-0.39, 0.29) is 17.9 Å². The number of rotatable bonds is 5. The number of aliphatic hydroxyl groups is 1. The Hall–Kier alpha value is -3.14. The van der Waals surface area contributed by atoms with Crippen LogP contribution >= 0.6 is 0 Å². The molecule has 0 aliphatic carbocycles. The van der Waals surface area contributed by atoms with Crippen molar-refractivity contribution in [1.29, 1.82) is 0 Å². The van der Waals surface area contributed by atoms with Gasteiger partial charge in [0.15, 0.2) is 0 Å². The summed E-state index contributed by atoms with van der Waals surface area (Å²) < 4.78 is 40.6. The van der Waals surface area contributed by atoms with Gasteiger partial charge in [0.25, 0.3) is 11.8 Å². The van der Waals surface area contributed by atoms with E-state index < -0.39 is 30.2 Å². The van der Waals surface area contributed by atoms with Crippen LogP contribution in [0.15, 0.2) is 48.7 Å². The third-order valence-corrected chi connectivity index (χ3v) is 3.71. The summed E-state index contributed by atoms with van der Waals surface area (Å²) in [6.45, 7) is -0.612. The molecule has 7 nitrogen and oxygen atoms in total. The maximum absolute atomic E-state index is 13.0. The molecule has 2 heterocycles. The van der Waals surface area contributed by atoms with E-state index >= 15 is 0 Å². The molecule has 2 N–H and O–H groups in total. The molecule has 0 saturated heterocycles. The lowest BCUT2D eigenvalue weighted by Crippen LogP contribution is -2.34. The third-order valence-electron chi connectivity index (χ3n) is 3.71. The Morgan fingerprint density at radius 1 is 1.23 bits per heavy atom. The average molecular weight is 366 g/mol. The molecule has 0 spiro atoms. The molecule has 1 aliphatic heterocycles. The van der Waals surface area contributed by atoms with Gasteiger partial charge in [0.1, 0.15) is 5.70 Å². The second-order valence-electron chi connectivity index (χ2n) is 5.40. The minimum Gasteiger partial charge on any atom is -0.395 e. The number of amides is 2. The van der Waals surface area contributed by atoms with Crippen LogP contribution in [-0.4, -0.2) is 44.5 Å². The zero-order valence-corrected chi connectivity index (χ0v) is 13.2. The molecule has 0 fully saturated rings. The van der Waals surface area contributed by atoms with Crippen molar-refractivity contribution in [2.45, 2.75) is 6.18 Å². The zero-order chi connectivity index (χ0) is 18.9. The minimum atomic E-state index is -4.57. The smallest absolute Gasteiger partial charge is 0.395 e. The van der Waals surface area contributed by atoms with Gasteiger partial charge in [0, 0.05) is 18.5 Å². The molecule has 0 saturated carbocycles. The topological polar surface area (TPSA) is 87.5 Å². The number of carbonyl (C=O) groups excluding carboxylic acids is 2. The molecule has 136 valence electrons. The van der Waals surface area contributed by atoms with Gasteiger partial charge in [-0.2, -0.15) is 13.2 Å². The second-order valence-corrected chi connectivity index (χ2v) is 5.40. The van der Waals surface area contributed by atoms with Crippen LogP contribution in [0.4, 0.5) is 18.9 Å². The lowest BCUT2D eigenvalue weighted by Gasteiger charge is -2.17. The van der Waals surface area contributed by atoms with Crippen molar-refractivity contribution in [3.8, 4) is 5.69 Å². The van der Waals surface area contributed by atoms with Gasteiger partial charge in [0.05, 0.1) is 36.4 Å². The number of imidazole rings is 1. The van der Waals surface area contributed by atoms with Gasteiger partial charge in [-0.05, 0) is 18.2 Å². The fraction of sp³-hybridized carbons (Fsp3) is 0.188. The van der Waals surface area contributed by atoms with Gasteiger partial charge in [-0.1, -0.05) is 0 Å². The van der Waals surface area contributed by atoms with Gasteiger partial charge in [-0.3, -0.25) is 14.5 Å². The Kier molecular flexibility index (Phi) is 4.51. The van der Waals surface area contributed by atoms with Crippen molar-refractivity contribution >= 4 is 17.5 Å². The second kappa shape index (κ2) is 6.64. The number of aromatic nitrogens is 2. The maximum atomic E-state index is 13.0. The summed E-state index contributed by atoms with van der Waals surface area (Å²) in [7, 11) is 0. The van der Waals surface area contributed by atoms with Gasteiger partial charge in [-0.15, -0.1) is 0 Å². The van der Waals surface area contributed by atoms with Crippen LogP contribution in [0.3, 0.4) is 0 Å². The first-order valence-corrected chi connectivity index (χ1v) is 7.46. The van der Waals surface area contributed by atoms with Crippen molar-refractivity contribution < 1.29 is 27.9 Å². The highest BCUT2D eigenvalue weighted by Crippen LogP contribution is 2.34. The number of imide groups is 1. The standard InChI is InChI=1S/C16H13F3N4O3/c17-16(18,19)10-1-2-13(22-4-3-20-9-22)11(7-10)21-12-8-14(25)23(5-6-24)15(12)26/h1-4,7-9,21,24H,5-6H2. The summed E-state index contributed by atoms with van der Waals surface area (Å²) in [4.78, 5) is 28.7. The van der Waals surface area contributed by atoms with Crippen molar-refractivity contribution in [1.82, 2.24) is 14.5 Å². The van der Waals surface area contributed by atoms with Crippen LogP contribution in [0.1, 0.15) is 5.56 Å². The molecule has 10 heteroatoms. The summed E-state index contributed by atoms with van der Waals surface area (Å²) in [5.41, 5.74) is -0.786. The van der Waals surface area contributed by atoms with Crippen LogP contribution < -0.4 is 5.32 Å². The molecule has 2 aromatic rings. The first-order valence-electron chi connectivity index (χ1n) is 7.46. The number of alkyl halides is 3. The quantitative estimate of drug-likeness (QED) is 0.784. The molecule has 1 aromatic carbocycles. The van der Waals surface area contributed by atoms with Gasteiger partial charge >= 0.3 is 6.18 Å². The average Bonchev–Trinajstić information content (AvgIpc) is 3.19. The third kappa shape index (κ3) is 3.31. The van der Waals surface area contributed by atoms with Crippen molar-refractivity contribution in [3.05, 3.63) is 54.3 Å². The highest BCUT2D eigenvalue weighted by atomic mass is 19.4. The Morgan fingerprint density at radius 3 is 2.62 bits per heavy atom. The molecule has 0 atom stereocenters. The zero-order valence-electron chi connectivity index (χ0n) is 13.2. The molecule has 0 bridgehead atoms. The van der Waals surface area contributed by atoms with Crippen LogP contribution in [-0.2, 0) is 15.8 Å². The fourth-order valence-electron chi connectivity index (χ4n) is 2.49. The predicted molar refractivity (Wildman–Crippen MR) is 84.1 cm³/mol. The summed E-state index contributed by atoms with van der Waals surface area (Å²) >= 11 is 0. The number of halogens is 3. The number of aliphatic hydroxyl groups excluding tert-OH is 1. The number of nitrogens with zero attached hydrogens (tertiary/aromatic N) is 3. The number of β-amino-alcohol motifs (C(OH)–C–C–N with tert-alkyl or cyclic N) is 1. The molecule has 1 aromatic heterocycles. The Morgan fingerprint density at radius 2 is 2.00 bits per heavy atom. The van der Waals surface area contributed by atoms with Crippen molar-refractivity contribution in [2.24, 2.45) is 0 Å². The van der Waals surface area contributed by atoms with E-state index in [1.165, 1.54) is 29.4 Å². The fourth-order valence-corrected chi connectivity index (χ4v) is 2.49. The van der Waals surface area contributed by atoms with E-state index in [1.807, 2.05) is 0 Å². The van der Waals surface area contributed by atoms with E-state index in [4.69, 9.17) is 5.11 Å². The van der Waals surface area contributed by atoms with E-state index in [0.29, 0.717) is 5.69 Å². The number of hydrogen-bond acceptors (Lipinski definition) is 5. The molecule has 3 rings (SSSR count). The number of benzene rings is 1. The van der Waals surface area contributed by atoms with Crippen LogP contribution in [0, 0.1) is 0 Å². The first kappa shape index (κ1) is 17.7. The summed E-state index contributed by atoms with van der Waals surface area (Å²) in [5.74, 6) is -1.37. The van der Waals surface area contributed by atoms with Crippen molar-refractivity contribution in [2.75, 3.05) is 18.5 Å². The Balaban J connectivity index is 1.99. The normalized spacial score (nSPS) is 14.8. The van der Waals surface area contributed by atoms with Gasteiger partial charge in [-0.25, -0.2) is 4.98 Å². The summed E-state index contributed by atoms with van der Waals surface area (Å²) in [6.07, 6.45) is 0.782. The number of hydrogen-bond donors (Lipinski definition) is 2. The molecular weight excluding hydrogens is 353 g/mol. The highest BCUT2D eigenvalue weighted by Gasteiger charge is 2.33. The van der Waals surface area contributed by atoms with Crippen molar-refractivity contribution in [3.63, 3.8) is 0 Å². The van der Waals surface area contributed by atoms with Crippen LogP contribution in [0.5, 0.6) is 0 Å². The molecule has 26 heavy (non-hydrogen) atoms. The molecule has 0 unspecified atom stereocenters. The lowest BCUT2D eigenvalue weighted by atomic mass is 10.1. The highest BCUT2D eigenvalue weighted by molar-refractivity contribution is 6.17. The monoisotopic (exact) mass is 366 g/mol. The van der Waals surface area contributed by atoms with Gasteiger partial charge in [0.2, 0.25) is 0 Å². The molecule has 2 amide bonds. The first-order chi connectivity index (χ1) is 12.3. The van der Waals surface area contributed by atoms with E-state index in [1.54, 1.807) is 0 Å². The van der Waals surface area contributed by atoms with E-state index in [0.717, 1.165) is 23.1 Å². The molecule has 0 radical (unpaired) electrons. The molecule has 1 aliphatic rings. The largest absolute Gasteiger partial charge is 0.416 e. The van der Waals surface area contributed by atoms with E-state index in [9.17, 15) is 22.8 Å².